The molecule has 6 nitrogen and oxygen atoms in total. The molecular weight excluding hydrogens is 264 g/mol. The van der Waals surface area contributed by atoms with E-state index in [1.165, 1.54) is 0 Å². The third-order valence-electron chi connectivity index (χ3n) is 2.33. The van der Waals surface area contributed by atoms with Gasteiger partial charge in [0.25, 0.3) is 5.91 Å². The molecule has 0 aliphatic rings. The van der Waals surface area contributed by atoms with Gasteiger partial charge in [-0.1, -0.05) is 6.07 Å². The molecule has 0 unspecified atom stereocenters. The number of ether oxygens (including phenoxy) is 1. The summed E-state index contributed by atoms with van der Waals surface area (Å²) in [5, 5.41) is 3.13. The van der Waals surface area contributed by atoms with Crippen molar-refractivity contribution in [3.05, 3.63) is 29.6 Å². The van der Waals surface area contributed by atoms with E-state index in [2.05, 4.69) is 14.7 Å². The van der Waals surface area contributed by atoms with Gasteiger partial charge in [0.1, 0.15) is 5.82 Å². The fourth-order valence-electron chi connectivity index (χ4n) is 1.55. The van der Waals surface area contributed by atoms with Gasteiger partial charge in [0.15, 0.2) is 5.75 Å². The first-order valence-electron chi connectivity index (χ1n) is 5.74. The molecule has 0 bridgehead atoms. The zero-order valence-corrected chi connectivity index (χ0v) is 11.5. The highest BCUT2D eigenvalue weighted by Gasteiger charge is 2.16. The van der Waals surface area contributed by atoms with Crippen LogP contribution in [0.5, 0.6) is 5.75 Å². The summed E-state index contributed by atoms with van der Waals surface area (Å²) in [6, 6.07) is 5.06. The van der Waals surface area contributed by atoms with Crippen molar-refractivity contribution in [3.63, 3.8) is 0 Å². The number of carbonyl (C=O) groups excluding carboxylic acids is 1. The molecule has 0 atom stereocenters. The van der Waals surface area contributed by atoms with Crippen LogP contribution in [0.3, 0.4) is 0 Å². The number of hydrogen-bond acceptors (Lipinski definition) is 6. The van der Waals surface area contributed by atoms with Crippen molar-refractivity contribution < 1.29 is 9.53 Å². The maximum absolute atomic E-state index is 12.2. The summed E-state index contributed by atoms with van der Waals surface area (Å²) in [4.78, 5) is 16.2. The van der Waals surface area contributed by atoms with Crippen molar-refractivity contribution in [1.82, 2.24) is 9.36 Å². The predicted molar refractivity (Wildman–Crippen MR) is 74.6 cm³/mol. The Labute approximate surface area is 114 Å². The minimum Gasteiger partial charge on any atom is -0.491 e. The first-order valence-corrected chi connectivity index (χ1v) is 6.52. The standard InChI is InChI=1S/C12H14N4O2S/c1-3-18-10-8(5-4-6-9(10)13)11(17)15-12-14-7(2)16-19-12/h4-6H,3,13H2,1-2H3,(H,14,15,16,17). The van der Waals surface area contributed by atoms with Crippen LogP contribution < -0.4 is 15.8 Å². The number of amides is 1. The Bertz CT molecular complexity index is 597. The van der Waals surface area contributed by atoms with E-state index in [4.69, 9.17) is 10.5 Å². The van der Waals surface area contributed by atoms with Crippen LogP contribution in [0.4, 0.5) is 10.8 Å². The first kappa shape index (κ1) is 13.3. The summed E-state index contributed by atoms with van der Waals surface area (Å²) < 4.78 is 9.41. The number of hydrogen-bond donors (Lipinski definition) is 2. The lowest BCUT2D eigenvalue weighted by molar-refractivity contribution is 0.102. The Morgan fingerprint density at radius 2 is 2.32 bits per heavy atom. The molecule has 0 saturated heterocycles. The number of nitrogens with two attached hydrogens (primary N) is 1. The van der Waals surface area contributed by atoms with Crippen molar-refractivity contribution in [2.24, 2.45) is 0 Å². The maximum Gasteiger partial charge on any atom is 0.261 e. The highest BCUT2D eigenvalue weighted by molar-refractivity contribution is 7.09. The fourth-order valence-corrected chi connectivity index (χ4v) is 2.12. The number of nitrogen functional groups attached to an aromatic ring is 1. The van der Waals surface area contributed by atoms with Gasteiger partial charge in [0.2, 0.25) is 5.13 Å². The average Bonchev–Trinajstić information content (AvgIpc) is 2.77. The van der Waals surface area contributed by atoms with Crippen molar-refractivity contribution in [3.8, 4) is 5.75 Å². The highest BCUT2D eigenvalue weighted by atomic mass is 32.1. The minimum absolute atomic E-state index is 0.313. The van der Waals surface area contributed by atoms with Crippen LogP contribution in [0.25, 0.3) is 0 Å². The summed E-state index contributed by atoms with van der Waals surface area (Å²) in [6.07, 6.45) is 0. The molecule has 0 aliphatic heterocycles. The van der Waals surface area contributed by atoms with Gasteiger partial charge in [-0.05, 0) is 26.0 Å². The van der Waals surface area contributed by atoms with Gasteiger partial charge in [0, 0.05) is 11.5 Å². The third kappa shape index (κ3) is 3.00. The number of nitrogens with zero attached hydrogens (tertiary/aromatic N) is 2. The number of aryl methyl sites for hydroxylation is 1. The van der Waals surface area contributed by atoms with Crippen molar-refractivity contribution in [2.75, 3.05) is 17.7 Å². The summed E-state index contributed by atoms with van der Waals surface area (Å²) in [7, 11) is 0. The lowest BCUT2D eigenvalue weighted by atomic mass is 10.1. The topological polar surface area (TPSA) is 90.1 Å². The van der Waals surface area contributed by atoms with Crippen molar-refractivity contribution >= 4 is 28.3 Å². The molecule has 0 radical (unpaired) electrons. The van der Waals surface area contributed by atoms with Gasteiger partial charge in [-0.25, -0.2) is 4.98 Å². The van der Waals surface area contributed by atoms with E-state index in [-0.39, 0.29) is 5.91 Å². The Hall–Kier alpha value is -2.15. The molecule has 7 heteroatoms. The number of aromatic nitrogens is 2. The molecule has 1 aromatic carbocycles. The van der Waals surface area contributed by atoms with E-state index in [9.17, 15) is 4.79 Å². The molecule has 0 fully saturated rings. The molecule has 1 heterocycles. The Balaban J connectivity index is 2.25. The van der Waals surface area contributed by atoms with E-state index in [0.717, 1.165) is 11.5 Å². The number of anilines is 2. The smallest absolute Gasteiger partial charge is 0.261 e. The SMILES string of the molecule is CCOc1c(N)cccc1C(=O)Nc1nc(C)ns1. The molecule has 2 rings (SSSR count). The van der Waals surface area contributed by atoms with E-state index < -0.39 is 0 Å². The van der Waals surface area contributed by atoms with Crippen LogP contribution in [0.15, 0.2) is 18.2 Å². The number of nitrogens with one attached hydrogen (secondary N) is 1. The first-order chi connectivity index (χ1) is 9.11. The lowest BCUT2D eigenvalue weighted by Gasteiger charge is -2.11. The normalized spacial score (nSPS) is 10.2. The highest BCUT2D eigenvalue weighted by Crippen LogP contribution is 2.27. The second kappa shape index (κ2) is 5.66. The van der Waals surface area contributed by atoms with E-state index in [0.29, 0.717) is 34.6 Å². The van der Waals surface area contributed by atoms with Crippen LogP contribution >= 0.6 is 11.5 Å². The molecule has 2 aromatic rings. The molecule has 0 aliphatic carbocycles. The molecule has 1 aromatic heterocycles. The van der Waals surface area contributed by atoms with Crippen molar-refractivity contribution in [2.45, 2.75) is 13.8 Å². The Morgan fingerprint density at radius 1 is 1.53 bits per heavy atom. The Kier molecular flexibility index (Phi) is 3.96. The van der Waals surface area contributed by atoms with Gasteiger partial charge in [0.05, 0.1) is 17.9 Å². The zero-order valence-electron chi connectivity index (χ0n) is 10.6. The number of rotatable bonds is 4. The summed E-state index contributed by atoms with van der Waals surface area (Å²) in [6.45, 7) is 4.03. The zero-order chi connectivity index (χ0) is 13.8. The van der Waals surface area contributed by atoms with Crippen molar-refractivity contribution in [1.29, 1.82) is 0 Å². The molecule has 1 amide bonds. The molecule has 0 spiro atoms. The molecule has 3 N–H and O–H groups in total. The third-order valence-corrected chi connectivity index (χ3v) is 3.05. The van der Waals surface area contributed by atoms with Crippen LogP contribution in [-0.2, 0) is 0 Å². The van der Waals surface area contributed by atoms with Gasteiger partial charge >= 0.3 is 0 Å². The number of carbonyl (C=O) groups is 1. The average molecular weight is 278 g/mol. The predicted octanol–water partition coefficient (Wildman–Crippen LogP) is 2.08. The van der Waals surface area contributed by atoms with E-state index >= 15 is 0 Å². The van der Waals surface area contributed by atoms with Crippen LogP contribution in [-0.4, -0.2) is 21.9 Å². The summed E-state index contributed by atoms with van der Waals surface area (Å²) in [5.74, 6) is 0.702. The lowest BCUT2D eigenvalue weighted by Crippen LogP contribution is -2.14. The van der Waals surface area contributed by atoms with E-state index in [1.54, 1.807) is 25.1 Å². The van der Waals surface area contributed by atoms with Crippen LogP contribution in [0.2, 0.25) is 0 Å². The van der Waals surface area contributed by atoms with E-state index in [1.807, 2.05) is 6.92 Å². The number of benzene rings is 1. The van der Waals surface area contributed by atoms with Gasteiger partial charge in [-0.15, -0.1) is 0 Å². The molecular formula is C12H14N4O2S. The largest absolute Gasteiger partial charge is 0.491 e. The second-order valence-corrected chi connectivity index (χ2v) is 4.51. The monoisotopic (exact) mass is 278 g/mol. The maximum atomic E-state index is 12.2. The van der Waals surface area contributed by atoms with Gasteiger partial charge in [-0.3, -0.25) is 10.1 Å². The molecule has 100 valence electrons. The van der Waals surface area contributed by atoms with Gasteiger partial charge in [-0.2, -0.15) is 4.37 Å². The van der Waals surface area contributed by atoms with Crippen LogP contribution in [0, 0.1) is 6.92 Å². The minimum atomic E-state index is -0.313. The molecule has 19 heavy (non-hydrogen) atoms. The van der Waals surface area contributed by atoms with Gasteiger partial charge < -0.3 is 10.5 Å². The quantitative estimate of drug-likeness (QED) is 0.836. The summed E-state index contributed by atoms with van der Waals surface area (Å²) in [5.41, 5.74) is 6.63. The second-order valence-electron chi connectivity index (χ2n) is 3.76. The number of para-hydroxylation sites is 1. The Morgan fingerprint density at radius 3 is 2.95 bits per heavy atom. The van der Waals surface area contributed by atoms with Crippen LogP contribution in [0.1, 0.15) is 23.1 Å². The fraction of sp³-hybridized carbons (Fsp3) is 0.250. The molecule has 0 saturated carbocycles. The summed E-state index contributed by atoms with van der Waals surface area (Å²) >= 11 is 1.13.